The molecule has 200 valence electrons. The highest BCUT2D eigenvalue weighted by Gasteiger charge is 2.41. The molecule has 2 N–H and O–H groups in total. The summed E-state index contributed by atoms with van der Waals surface area (Å²) in [5.41, 5.74) is 2.01. The Morgan fingerprint density at radius 3 is 2.37 bits per heavy atom. The number of carbonyl (C=O) groups excluding carboxylic acids is 4. The zero-order valence-corrected chi connectivity index (χ0v) is 21.5. The van der Waals surface area contributed by atoms with Crippen LogP contribution in [0, 0.1) is 5.82 Å². The molecule has 2 aromatic carbocycles. The quantitative estimate of drug-likeness (QED) is 0.556. The first-order chi connectivity index (χ1) is 18.0. The van der Waals surface area contributed by atoms with E-state index < -0.39 is 33.7 Å². The van der Waals surface area contributed by atoms with E-state index in [1.807, 2.05) is 0 Å². The van der Waals surface area contributed by atoms with Gasteiger partial charge in [-0.15, -0.1) is 0 Å². The third kappa shape index (κ3) is 4.81. The van der Waals surface area contributed by atoms with Crippen molar-refractivity contribution < 1.29 is 32.0 Å². The Hall–Kier alpha value is -3.64. The number of fused-ring (bicyclic) bond motifs is 1. The summed E-state index contributed by atoms with van der Waals surface area (Å²) in [7, 11) is -3.76. The summed E-state index contributed by atoms with van der Waals surface area (Å²) < 4.78 is 42.4. The van der Waals surface area contributed by atoms with Crippen molar-refractivity contribution in [3.05, 3.63) is 58.9 Å². The summed E-state index contributed by atoms with van der Waals surface area (Å²) in [6, 6.07) is 7.73. The van der Waals surface area contributed by atoms with Gasteiger partial charge in [0.25, 0.3) is 5.91 Å². The fraction of sp³-hybridized carbons (Fsp3) is 0.385. The van der Waals surface area contributed by atoms with Crippen LogP contribution in [0.2, 0.25) is 0 Å². The molecular formula is C26H27FN4O6S. The predicted molar refractivity (Wildman–Crippen MR) is 134 cm³/mol. The molecule has 3 heterocycles. The van der Waals surface area contributed by atoms with E-state index in [1.165, 1.54) is 52.5 Å². The number of hydrogen-bond acceptors (Lipinski definition) is 6. The second-order valence-electron chi connectivity index (χ2n) is 9.81. The first kappa shape index (κ1) is 26.0. The zero-order chi connectivity index (χ0) is 27.2. The van der Waals surface area contributed by atoms with Crippen molar-refractivity contribution in [3.8, 4) is 0 Å². The zero-order valence-electron chi connectivity index (χ0n) is 20.7. The molecule has 3 aliphatic rings. The molecule has 38 heavy (non-hydrogen) atoms. The summed E-state index contributed by atoms with van der Waals surface area (Å²) in [5.74, 6) is -2.35. The van der Waals surface area contributed by atoms with Crippen LogP contribution in [-0.4, -0.2) is 60.4 Å². The van der Waals surface area contributed by atoms with Crippen LogP contribution in [-0.2, 0) is 31.0 Å². The lowest BCUT2D eigenvalue weighted by Crippen LogP contribution is -2.52. The summed E-state index contributed by atoms with van der Waals surface area (Å²) in [6.45, 7) is 1.94. The maximum atomic E-state index is 14.6. The average molecular weight is 543 g/mol. The molecule has 2 saturated heterocycles. The molecule has 0 radical (unpaired) electrons. The Morgan fingerprint density at radius 1 is 1.05 bits per heavy atom. The molecule has 0 spiro atoms. The van der Waals surface area contributed by atoms with Crippen LogP contribution < -0.4 is 10.6 Å². The van der Waals surface area contributed by atoms with Crippen LogP contribution in [0.25, 0.3) is 0 Å². The molecule has 4 amide bonds. The monoisotopic (exact) mass is 542 g/mol. The largest absolute Gasteiger partial charge is 0.326 e. The van der Waals surface area contributed by atoms with Crippen LogP contribution in [0.4, 0.5) is 10.1 Å². The number of halogens is 1. The molecule has 10 nitrogen and oxygen atoms in total. The fourth-order valence-electron chi connectivity index (χ4n) is 5.49. The highest BCUT2D eigenvalue weighted by Crippen LogP contribution is 2.38. The fourth-order valence-corrected chi connectivity index (χ4v) is 6.96. The SMILES string of the molecule is CC(=O)Nc1ccc(S(=O)(=O)N2CCC(c3cc(F)cc4c3CN(C3CCC(=O)NC3=O)C4=O)CC2)cc1. The molecule has 0 saturated carbocycles. The molecule has 0 aromatic heterocycles. The number of anilines is 1. The number of benzene rings is 2. The van der Waals surface area contributed by atoms with Crippen LogP contribution >= 0.6 is 0 Å². The van der Waals surface area contributed by atoms with Crippen LogP contribution in [0.1, 0.15) is 60.0 Å². The highest BCUT2D eigenvalue weighted by atomic mass is 32.2. The van der Waals surface area contributed by atoms with Crippen molar-refractivity contribution in [2.45, 2.75) is 56.0 Å². The lowest BCUT2D eigenvalue weighted by atomic mass is 9.86. The van der Waals surface area contributed by atoms with Gasteiger partial charge in [0.2, 0.25) is 27.7 Å². The first-order valence-corrected chi connectivity index (χ1v) is 13.8. The van der Waals surface area contributed by atoms with Gasteiger partial charge in [-0.2, -0.15) is 4.31 Å². The molecule has 2 fully saturated rings. The molecule has 1 atom stereocenters. The van der Waals surface area contributed by atoms with Gasteiger partial charge in [0, 0.05) is 44.2 Å². The summed E-state index contributed by atoms with van der Waals surface area (Å²) in [6.07, 6.45) is 1.21. The third-order valence-corrected chi connectivity index (χ3v) is 9.27. The number of imide groups is 1. The Morgan fingerprint density at radius 2 is 1.74 bits per heavy atom. The minimum atomic E-state index is -3.76. The van der Waals surface area contributed by atoms with Crippen molar-refractivity contribution in [2.75, 3.05) is 18.4 Å². The number of carbonyl (C=O) groups is 4. The first-order valence-electron chi connectivity index (χ1n) is 12.4. The van der Waals surface area contributed by atoms with E-state index in [1.54, 1.807) is 0 Å². The smallest absolute Gasteiger partial charge is 0.255 e. The molecule has 12 heteroatoms. The predicted octanol–water partition coefficient (Wildman–Crippen LogP) is 2.11. The van der Waals surface area contributed by atoms with Gasteiger partial charge in [-0.05, 0) is 72.7 Å². The van der Waals surface area contributed by atoms with Gasteiger partial charge in [0.1, 0.15) is 11.9 Å². The molecule has 1 unspecified atom stereocenters. The average Bonchev–Trinajstić information content (AvgIpc) is 3.19. The maximum absolute atomic E-state index is 14.6. The van der Waals surface area contributed by atoms with E-state index in [0.717, 1.165) is 0 Å². The van der Waals surface area contributed by atoms with E-state index in [9.17, 15) is 32.0 Å². The maximum Gasteiger partial charge on any atom is 0.255 e. The van der Waals surface area contributed by atoms with Crippen molar-refractivity contribution >= 4 is 39.3 Å². The second kappa shape index (κ2) is 9.91. The Kier molecular flexibility index (Phi) is 6.78. The molecule has 2 aromatic rings. The van der Waals surface area contributed by atoms with Gasteiger partial charge in [-0.3, -0.25) is 24.5 Å². The molecular weight excluding hydrogens is 515 g/mol. The highest BCUT2D eigenvalue weighted by molar-refractivity contribution is 7.89. The summed E-state index contributed by atoms with van der Waals surface area (Å²) in [5, 5.41) is 4.86. The third-order valence-electron chi connectivity index (χ3n) is 7.36. The molecule has 0 bridgehead atoms. The lowest BCUT2D eigenvalue weighted by Gasteiger charge is -2.32. The van der Waals surface area contributed by atoms with Gasteiger partial charge in [-0.25, -0.2) is 12.8 Å². The van der Waals surface area contributed by atoms with E-state index >= 15 is 0 Å². The van der Waals surface area contributed by atoms with Crippen molar-refractivity contribution in [3.63, 3.8) is 0 Å². The number of amides is 4. The number of piperidine rings is 2. The second-order valence-corrected chi connectivity index (χ2v) is 11.7. The number of rotatable bonds is 5. The topological polar surface area (TPSA) is 133 Å². The Bertz CT molecular complexity index is 1430. The van der Waals surface area contributed by atoms with Crippen LogP contribution in [0.3, 0.4) is 0 Å². The van der Waals surface area contributed by atoms with Gasteiger partial charge in [0.15, 0.2) is 0 Å². The van der Waals surface area contributed by atoms with E-state index in [4.69, 9.17) is 0 Å². The van der Waals surface area contributed by atoms with Crippen molar-refractivity contribution in [2.24, 2.45) is 0 Å². The van der Waals surface area contributed by atoms with E-state index in [2.05, 4.69) is 10.6 Å². The summed E-state index contributed by atoms with van der Waals surface area (Å²) >= 11 is 0. The standard InChI is InChI=1S/C26H27FN4O6S/c1-15(32)28-18-2-4-19(5-3-18)38(36,37)30-10-8-16(9-11-30)20-12-17(27)13-21-22(20)14-31(26(21)35)23-6-7-24(33)29-25(23)34/h2-5,12-13,16,23H,6-11,14H2,1H3,(H,28,32)(H,29,33,34). The molecule has 5 rings (SSSR count). The van der Waals surface area contributed by atoms with E-state index in [-0.39, 0.29) is 60.7 Å². The van der Waals surface area contributed by atoms with Gasteiger partial charge >= 0.3 is 0 Å². The van der Waals surface area contributed by atoms with Crippen LogP contribution in [0.15, 0.2) is 41.3 Å². The number of nitrogens with zero attached hydrogens (tertiary/aromatic N) is 2. The van der Waals surface area contributed by atoms with Crippen molar-refractivity contribution in [1.29, 1.82) is 0 Å². The molecule has 3 aliphatic heterocycles. The number of sulfonamides is 1. The van der Waals surface area contributed by atoms with E-state index in [0.29, 0.717) is 29.7 Å². The Balaban J connectivity index is 1.32. The van der Waals surface area contributed by atoms with Crippen LogP contribution in [0.5, 0.6) is 0 Å². The van der Waals surface area contributed by atoms with Gasteiger partial charge < -0.3 is 10.2 Å². The normalized spacial score (nSPS) is 20.8. The number of nitrogens with one attached hydrogen (secondary N) is 2. The minimum Gasteiger partial charge on any atom is -0.326 e. The van der Waals surface area contributed by atoms with Gasteiger partial charge in [-0.1, -0.05) is 0 Å². The molecule has 0 aliphatic carbocycles. The minimum absolute atomic E-state index is 0.113. The Labute approximate surface area is 219 Å². The van der Waals surface area contributed by atoms with Gasteiger partial charge in [0.05, 0.1) is 4.90 Å². The summed E-state index contributed by atoms with van der Waals surface area (Å²) in [4.78, 5) is 49.7. The van der Waals surface area contributed by atoms with Crippen molar-refractivity contribution in [1.82, 2.24) is 14.5 Å². The lowest BCUT2D eigenvalue weighted by molar-refractivity contribution is -0.137. The number of hydrogen-bond donors (Lipinski definition) is 2.